The number of rotatable bonds is 6. The number of anilines is 2. The minimum atomic E-state index is -0.473. The molecule has 0 bridgehead atoms. The van der Waals surface area contributed by atoms with E-state index < -0.39 is 10.8 Å². The number of para-hydroxylation sites is 2. The molecule has 0 aliphatic rings. The fourth-order valence-electron chi connectivity index (χ4n) is 3.28. The Morgan fingerprint density at radius 2 is 1.26 bits per heavy atom. The second kappa shape index (κ2) is 13.2. The van der Waals surface area contributed by atoms with Crippen molar-refractivity contribution in [2.75, 3.05) is 5.32 Å². The number of aromatic nitrogens is 2. The Morgan fingerprint density at radius 1 is 0.769 bits per heavy atom. The number of benzene rings is 2. The lowest BCUT2D eigenvalue weighted by molar-refractivity contribution is -0.129. The van der Waals surface area contributed by atoms with Crippen molar-refractivity contribution in [3.63, 3.8) is 0 Å². The summed E-state index contributed by atoms with van der Waals surface area (Å²) in [5.74, 6) is 0.432. The van der Waals surface area contributed by atoms with Crippen LogP contribution >= 0.6 is 27.3 Å². The van der Waals surface area contributed by atoms with Crippen LogP contribution in [0.25, 0.3) is 10.2 Å². The maximum Gasteiger partial charge on any atom is 0.225 e. The molecule has 2 heterocycles. The van der Waals surface area contributed by atoms with Crippen LogP contribution in [-0.2, 0) is 22.7 Å². The monoisotopic (exact) mass is 609 g/mol. The van der Waals surface area contributed by atoms with Crippen molar-refractivity contribution >= 4 is 60.7 Å². The molecule has 0 radical (unpaired) electrons. The van der Waals surface area contributed by atoms with E-state index in [1.165, 1.54) is 11.3 Å². The number of halogens is 1. The second-order valence-corrected chi connectivity index (χ2v) is 13.5. The van der Waals surface area contributed by atoms with E-state index >= 15 is 0 Å². The molecule has 0 fully saturated rings. The fourth-order valence-corrected chi connectivity index (χ4v) is 4.77. The molecule has 0 unspecified atom stereocenters. The number of hydrogen-bond donors (Lipinski definition) is 3. The highest BCUT2D eigenvalue weighted by Crippen LogP contribution is 2.30. The van der Waals surface area contributed by atoms with Gasteiger partial charge in [-0.05, 0) is 46.3 Å². The highest BCUT2D eigenvalue weighted by atomic mass is 79.9. The highest BCUT2D eigenvalue weighted by molar-refractivity contribution is 9.11. The van der Waals surface area contributed by atoms with E-state index in [4.69, 9.17) is 0 Å². The predicted octanol–water partition coefficient (Wildman–Crippen LogP) is 7.21. The first-order chi connectivity index (χ1) is 18.3. The van der Waals surface area contributed by atoms with Gasteiger partial charge in [-0.15, -0.1) is 11.3 Å². The molecular formula is C30H36BrN5O2S. The minimum absolute atomic E-state index is 0.0406. The van der Waals surface area contributed by atoms with Crippen molar-refractivity contribution in [3.8, 4) is 0 Å². The van der Waals surface area contributed by atoms with Gasteiger partial charge in [0, 0.05) is 27.6 Å². The van der Waals surface area contributed by atoms with Gasteiger partial charge in [0.05, 0.1) is 22.6 Å². The maximum atomic E-state index is 12.2. The Morgan fingerprint density at radius 3 is 1.74 bits per heavy atom. The van der Waals surface area contributed by atoms with Crippen LogP contribution in [0.1, 0.15) is 53.1 Å². The smallest absolute Gasteiger partial charge is 0.225 e. The van der Waals surface area contributed by atoms with Crippen molar-refractivity contribution in [1.29, 1.82) is 0 Å². The van der Waals surface area contributed by atoms with Crippen LogP contribution < -0.4 is 16.0 Å². The van der Waals surface area contributed by atoms with Crippen molar-refractivity contribution in [2.45, 2.75) is 54.6 Å². The van der Waals surface area contributed by atoms with Gasteiger partial charge in [-0.25, -0.2) is 9.97 Å². The third kappa shape index (κ3) is 9.44. The summed E-state index contributed by atoms with van der Waals surface area (Å²) in [6, 6.07) is 22.2. The maximum absolute atomic E-state index is 12.2. The van der Waals surface area contributed by atoms with Crippen LogP contribution in [0.2, 0.25) is 0 Å². The lowest BCUT2D eigenvalue weighted by Gasteiger charge is -2.18. The molecule has 2 aromatic heterocycles. The molecule has 0 aliphatic carbocycles. The SMILES string of the molecule is CC(C)(C)C(=O)NCc1nc(CNC(=O)C(C)(C)C)c2cc(Br)sc2n1.c1ccc(Nc2ccccc2)cc1. The third-order valence-electron chi connectivity index (χ3n) is 5.51. The minimum Gasteiger partial charge on any atom is -0.356 e. The summed E-state index contributed by atoms with van der Waals surface area (Å²) >= 11 is 4.98. The van der Waals surface area contributed by atoms with Gasteiger partial charge in [-0.3, -0.25) is 9.59 Å². The Kier molecular flexibility index (Phi) is 10.2. The molecular weight excluding hydrogens is 574 g/mol. The topological polar surface area (TPSA) is 96.0 Å². The van der Waals surface area contributed by atoms with Gasteiger partial charge in [0.2, 0.25) is 11.8 Å². The van der Waals surface area contributed by atoms with Gasteiger partial charge in [-0.1, -0.05) is 77.9 Å². The van der Waals surface area contributed by atoms with Crippen LogP contribution in [0.15, 0.2) is 70.5 Å². The number of nitrogens with one attached hydrogen (secondary N) is 3. The van der Waals surface area contributed by atoms with Crippen LogP contribution in [0.4, 0.5) is 11.4 Å². The summed E-state index contributed by atoms with van der Waals surface area (Å²) in [6.45, 7) is 11.7. The van der Waals surface area contributed by atoms with Gasteiger partial charge in [0.1, 0.15) is 10.7 Å². The molecule has 7 nitrogen and oxygen atoms in total. The average molecular weight is 611 g/mol. The molecule has 0 saturated heterocycles. The predicted molar refractivity (Wildman–Crippen MR) is 164 cm³/mol. The number of fused-ring (bicyclic) bond motifs is 1. The van der Waals surface area contributed by atoms with Crippen LogP contribution in [0, 0.1) is 10.8 Å². The molecule has 0 atom stereocenters. The molecule has 0 spiro atoms. The summed E-state index contributed by atoms with van der Waals surface area (Å²) < 4.78 is 0.945. The number of thiophene rings is 1. The Hall–Kier alpha value is -3.30. The van der Waals surface area contributed by atoms with Gasteiger partial charge in [-0.2, -0.15) is 0 Å². The van der Waals surface area contributed by atoms with Gasteiger partial charge < -0.3 is 16.0 Å². The standard InChI is InChI=1S/C18H25BrN4O2S.C12H11N/c1-17(2,3)15(24)20-8-11-10-7-12(19)26-14(10)23-13(22-11)9-21-16(25)18(4,5)6;1-3-7-11(8-4-1)13-12-9-5-2-6-10-12/h7H,8-9H2,1-6H3,(H,20,24)(H,21,25);1-10,13H. The van der Waals surface area contributed by atoms with E-state index in [2.05, 4.69) is 41.8 Å². The molecule has 39 heavy (non-hydrogen) atoms. The van der Waals surface area contributed by atoms with Crippen molar-refractivity contribution in [3.05, 3.63) is 82.0 Å². The van der Waals surface area contributed by atoms with Gasteiger partial charge >= 0.3 is 0 Å². The first-order valence-corrected chi connectivity index (χ1v) is 14.3. The van der Waals surface area contributed by atoms with E-state index in [0.717, 1.165) is 31.1 Å². The summed E-state index contributed by atoms with van der Waals surface area (Å²) in [5.41, 5.74) is 2.04. The summed E-state index contributed by atoms with van der Waals surface area (Å²) in [7, 11) is 0. The van der Waals surface area contributed by atoms with Gasteiger partial charge in [0.25, 0.3) is 0 Å². The molecule has 0 saturated carbocycles. The second-order valence-electron chi connectivity index (χ2n) is 11.1. The number of carbonyl (C=O) groups excluding carboxylic acids is 2. The van der Waals surface area contributed by atoms with E-state index in [1.54, 1.807) is 0 Å². The quantitative estimate of drug-likeness (QED) is 0.215. The lowest BCUT2D eigenvalue weighted by Crippen LogP contribution is -2.35. The van der Waals surface area contributed by atoms with E-state index in [-0.39, 0.29) is 18.4 Å². The lowest BCUT2D eigenvalue weighted by atomic mass is 9.96. The van der Waals surface area contributed by atoms with Crippen LogP contribution in [0.5, 0.6) is 0 Å². The molecule has 206 valence electrons. The molecule has 0 aliphatic heterocycles. The third-order valence-corrected chi connectivity index (χ3v) is 7.04. The van der Waals surface area contributed by atoms with Crippen molar-refractivity contribution in [1.82, 2.24) is 20.6 Å². The number of hydrogen-bond acceptors (Lipinski definition) is 6. The largest absolute Gasteiger partial charge is 0.356 e. The molecule has 4 aromatic rings. The Bertz CT molecular complexity index is 1360. The molecule has 4 rings (SSSR count). The summed E-state index contributed by atoms with van der Waals surface area (Å²) in [4.78, 5) is 34.2. The number of amides is 2. The normalized spacial score (nSPS) is 11.4. The Balaban J connectivity index is 0.000000268. The molecule has 3 N–H and O–H groups in total. The fraction of sp³-hybridized carbons (Fsp3) is 0.333. The zero-order chi connectivity index (χ0) is 28.6. The van der Waals surface area contributed by atoms with E-state index in [1.807, 2.05) is 108 Å². The first-order valence-electron chi connectivity index (χ1n) is 12.7. The average Bonchev–Trinajstić information content (AvgIpc) is 3.26. The zero-order valence-corrected chi connectivity index (χ0v) is 25.7. The Labute approximate surface area is 243 Å². The highest BCUT2D eigenvalue weighted by Gasteiger charge is 2.23. The molecule has 2 aromatic carbocycles. The van der Waals surface area contributed by atoms with Crippen molar-refractivity contribution in [2.24, 2.45) is 10.8 Å². The summed E-state index contributed by atoms with van der Waals surface area (Å²) in [5, 5.41) is 10.0. The van der Waals surface area contributed by atoms with E-state index in [9.17, 15) is 9.59 Å². The van der Waals surface area contributed by atoms with E-state index in [0.29, 0.717) is 12.4 Å². The van der Waals surface area contributed by atoms with Crippen molar-refractivity contribution < 1.29 is 9.59 Å². The molecule has 9 heteroatoms. The van der Waals surface area contributed by atoms with Crippen LogP contribution in [-0.4, -0.2) is 21.8 Å². The number of carbonyl (C=O) groups is 2. The molecule has 2 amide bonds. The first kappa shape index (κ1) is 30.2. The summed E-state index contributed by atoms with van der Waals surface area (Å²) in [6.07, 6.45) is 0. The van der Waals surface area contributed by atoms with Gasteiger partial charge in [0.15, 0.2) is 0 Å². The van der Waals surface area contributed by atoms with Crippen LogP contribution in [0.3, 0.4) is 0 Å². The number of nitrogens with zero attached hydrogens (tertiary/aromatic N) is 2. The zero-order valence-electron chi connectivity index (χ0n) is 23.3.